The molecule has 0 spiro atoms. The molecule has 166 valence electrons. The van der Waals surface area contributed by atoms with Gasteiger partial charge >= 0.3 is 5.69 Å². The Balaban J connectivity index is 1.87. The lowest BCUT2D eigenvalue weighted by molar-refractivity contribution is -0.386. The Morgan fingerprint density at radius 2 is 2.03 bits per heavy atom. The zero-order valence-electron chi connectivity index (χ0n) is 17.3. The van der Waals surface area contributed by atoms with Gasteiger partial charge in [0.2, 0.25) is 5.75 Å². The second-order valence-corrected chi connectivity index (χ2v) is 8.59. The van der Waals surface area contributed by atoms with E-state index in [9.17, 15) is 20.0 Å². The highest BCUT2D eigenvalue weighted by Crippen LogP contribution is 2.36. The van der Waals surface area contributed by atoms with Crippen LogP contribution in [0.2, 0.25) is 0 Å². The Morgan fingerprint density at radius 3 is 2.72 bits per heavy atom. The molecule has 0 unspecified atom stereocenters. The van der Waals surface area contributed by atoms with Crippen LogP contribution in [-0.2, 0) is 0 Å². The normalized spacial score (nSPS) is 14.8. The van der Waals surface area contributed by atoms with Crippen LogP contribution in [0.4, 0.5) is 5.69 Å². The van der Waals surface area contributed by atoms with Gasteiger partial charge in [-0.3, -0.25) is 14.9 Å². The molecule has 1 aliphatic rings. The van der Waals surface area contributed by atoms with Crippen molar-refractivity contribution in [2.75, 3.05) is 7.11 Å². The van der Waals surface area contributed by atoms with Gasteiger partial charge in [0.1, 0.15) is 5.82 Å². The van der Waals surface area contributed by atoms with Crippen LogP contribution >= 0.6 is 15.9 Å². The van der Waals surface area contributed by atoms with Crippen LogP contribution in [0.3, 0.4) is 0 Å². The molecule has 1 fully saturated rings. The molecule has 0 atom stereocenters. The second-order valence-electron chi connectivity index (χ2n) is 7.68. The minimum atomic E-state index is -0.704. The molecule has 1 aliphatic carbocycles. The molecule has 9 nitrogen and oxygen atoms in total. The number of aromatic hydroxyl groups is 1. The Hall–Kier alpha value is -3.27. The predicted molar refractivity (Wildman–Crippen MR) is 124 cm³/mol. The zero-order chi connectivity index (χ0) is 22.8. The summed E-state index contributed by atoms with van der Waals surface area (Å²) in [4.78, 5) is 28.7. The number of rotatable bonds is 5. The lowest BCUT2D eigenvalue weighted by atomic mass is 9.88. The number of nitro benzene ring substituents is 1. The molecule has 1 aromatic heterocycles. The van der Waals surface area contributed by atoms with Crippen LogP contribution in [0.1, 0.15) is 49.4 Å². The monoisotopic (exact) mass is 500 g/mol. The molecule has 0 amide bonds. The molecule has 0 bridgehead atoms. The van der Waals surface area contributed by atoms with E-state index in [1.807, 2.05) is 6.07 Å². The van der Waals surface area contributed by atoms with Crippen LogP contribution in [0, 0.1) is 10.1 Å². The summed E-state index contributed by atoms with van der Waals surface area (Å²) in [6, 6.07) is 7.94. The summed E-state index contributed by atoms with van der Waals surface area (Å²) in [5.41, 5.74) is 0.0916. The Kier molecular flexibility index (Phi) is 6.22. The number of halogens is 1. The van der Waals surface area contributed by atoms with Crippen molar-refractivity contribution >= 4 is 38.7 Å². The van der Waals surface area contributed by atoms with Crippen molar-refractivity contribution in [1.82, 2.24) is 9.66 Å². The van der Waals surface area contributed by atoms with E-state index in [1.54, 1.807) is 12.1 Å². The van der Waals surface area contributed by atoms with Gasteiger partial charge in [0, 0.05) is 22.0 Å². The zero-order valence-corrected chi connectivity index (χ0v) is 18.9. The number of nitro groups is 1. The number of hydrogen-bond acceptors (Lipinski definition) is 7. The molecule has 0 radical (unpaired) electrons. The van der Waals surface area contributed by atoms with Gasteiger partial charge in [-0.2, -0.15) is 9.78 Å². The van der Waals surface area contributed by atoms with Crippen LogP contribution in [-0.4, -0.2) is 33.0 Å². The molecular formula is C22H21BrN4O5. The van der Waals surface area contributed by atoms with Crippen molar-refractivity contribution in [3.8, 4) is 11.5 Å². The first-order valence-electron chi connectivity index (χ1n) is 10.2. The highest BCUT2D eigenvalue weighted by atomic mass is 79.9. The standard InChI is InChI=1S/C22H21BrN4O5/c1-32-19-10-13(9-18(20(19)28)27(30)31)12-24-26-21(14-5-3-2-4-6-14)25-17-8-7-15(23)11-16(17)22(26)29/h7-12,14,28H,2-6H2,1H3. The number of hydrogen-bond donors (Lipinski definition) is 1. The summed E-state index contributed by atoms with van der Waals surface area (Å²) in [6.07, 6.45) is 6.45. The first-order valence-corrected chi connectivity index (χ1v) is 11.0. The van der Waals surface area contributed by atoms with E-state index in [1.165, 1.54) is 30.1 Å². The van der Waals surface area contributed by atoms with Crippen molar-refractivity contribution in [2.24, 2.45) is 5.10 Å². The molecular weight excluding hydrogens is 480 g/mol. The molecule has 10 heteroatoms. The third-order valence-electron chi connectivity index (χ3n) is 5.62. The van der Waals surface area contributed by atoms with E-state index in [4.69, 9.17) is 9.72 Å². The Labute approximate surface area is 191 Å². The number of phenols is 1. The van der Waals surface area contributed by atoms with E-state index < -0.39 is 16.4 Å². The average Bonchev–Trinajstić information content (AvgIpc) is 2.79. The van der Waals surface area contributed by atoms with Crippen LogP contribution < -0.4 is 10.3 Å². The number of aromatic nitrogens is 2. The van der Waals surface area contributed by atoms with Gasteiger partial charge in [0.05, 0.1) is 29.2 Å². The second kappa shape index (κ2) is 9.07. The van der Waals surface area contributed by atoms with Crippen molar-refractivity contribution in [3.63, 3.8) is 0 Å². The fourth-order valence-corrected chi connectivity index (χ4v) is 4.37. The maximum atomic E-state index is 13.3. The van der Waals surface area contributed by atoms with Gasteiger partial charge in [-0.15, -0.1) is 0 Å². The largest absolute Gasteiger partial charge is 0.500 e. The van der Waals surface area contributed by atoms with Gasteiger partial charge in [-0.25, -0.2) is 4.98 Å². The van der Waals surface area contributed by atoms with Crippen molar-refractivity contribution in [1.29, 1.82) is 0 Å². The van der Waals surface area contributed by atoms with Crippen molar-refractivity contribution < 1.29 is 14.8 Å². The topological polar surface area (TPSA) is 120 Å². The number of ether oxygens (including phenoxy) is 1. The van der Waals surface area contributed by atoms with E-state index in [0.29, 0.717) is 22.3 Å². The Bertz CT molecular complexity index is 1280. The Morgan fingerprint density at radius 1 is 1.28 bits per heavy atom. The average molecular weight is 501 g/mol. The van der Waals surface area contributed by atoms with Crippen LogP contribution in [0.5, 0.6) is 11.5 Å². The number of fused-ring (bicyclic) bond motifs is 1. The summed E-state index contributed by atoms with van der Waals surface area (Å²) in [5, 5.41) is 26.1. The molecule has 3 aromatic rings. The van der Waals surface area contributed by atoms with Crippen molar-refractivity contribution in [3.05, 3.63) is 66.7 Å². The maximum Gasteiger partial charge on any atom is 0.315 e. The molecule has 4 rings (SSSR count). The first kappa shape index (κ1) is 21.9. The van der Waals surface area contributed by atoms with Gasteiger partial charge in [0.25, 0.3) is 5.56 Å². The van der Waals surface area contributed by atoms with E-state index in [2.05, 4.69) is 21.0 Å². The first-order chi connectivity index (χ1) is 15.4. The quantitative estimate of drug-likeness (QED) is 0.307. The predicted octanol–water partition coefficient (Wildman–Crippen LogP) is 4.71. The van der Waals surface area contributed by atoms with Crippen LogP contribution in [0.15, 0.2) is 44.7 Å². The number of methoxy groups -OCH3 is 1. The summed E-state index contributed by atoms with van der Waals surface area (Å²) in [6.45, 7) is 0. The highest BCUT2D eigenvalue weighted by Gasteiger charge is 2.23. The molecule has 1 heterocycles. The summed E-state index contributed by atoms with van der Waals surface area (Å²) in [7, 11) is 1.30. The van der Waals surface area contributed by atoms with E-state index in [-0.39, 0.29) is 17.2 Å². The smallest absolute Gasteiger partial charge is 0.315 e. The molecule has 1 saturated carbocycles. The SMILES string of the molecule is COc1cc(C=Nn2c(C3CCCCC3)nc3ccc(Br)cc3c2=O)cc([N+](=O)[O-])c1O. The molecule has 2 aromatic carbocycles. The van der Waals surface area contributed by atoms with E-state index >= 15 is 0 Å². The van der Waals surface area contributed by atoms with Crippen LogP contribution in [0.25, 0.3) is 10.9 Å². The lowest BCUT2D eigenvalue weighted by Crippen LogP contribution is -2.25. The maximum absolute atomic E-state index is 13.3. The number of nitrogens with zero attached hydrogens (tertiary/aromatic N) is 4. The molecule has 0 aliphatic heterocycles. The molecule has 1 N–H and O–H groups in total. The summed E-state index contributed by atoms with van der Waals surface area (Å²) < 4.78 is 7.08. The third-order valence-corrected chi connectivity index (χ3v) is 6.11. The van der Waals surface area contributed by atoms with Gasteiger partial charge in [-0.1, -0.05) is 35.2 Å². The summed E-state index contributed by atoms with van der Waals surface area (Å²) in [5.74, 6) is 0.0688. The minimum absolute atomic E-state index is 0.0546. The number of benzene rings is 2. The summed E-state index contributed by atoms with van der Waals surface area (Å²) >= 11 is 3.39. The van der Waals surface area contributed by atoms with Gasteiger partial charge in [0.15, 0.2) is 5.75 Å². The third kappa shape index (κ3) is 4.22. The molecule has 0 saturated heterocycles. The number of phenolic OH excluding ortho intramolecular Hbond substituents is 1. The fourth-order valence-electron chi connectivity index (χ4n) is 4.01. The highest BCUT2D eigenvalue weighted by molar-refractivity contribution is 9.10. The fraction of sp³-hybridized carbons (Fsp3) is 0.318. The van der Waals surface area contributed by atoms with Gasteiger partial charge in [-0.05, 0) is 37.1 Å². The van der Waals surface area contributed by atoms with Crippen molar-refractivity contribution in [2.45, 2.75) is 38.0 Å². The van der Waals surface area contributed by atoms with E-state index in [0.717, 1.165) is 36.6 Å². The van der Waals surface area contributed by atoms with Gasteiger partial charge < -0.3 is 9.84 Å². The lowest BCUT2D eigenvalue weighted by Gasteiger charge is -2.22. The molecule has 32 heavy (non-hydrogen) atoms. The minimum Gasteiger partial charge on any atom is -0.500 e.